The summed E-state index contributed by atoms with van der Waals surface area (Å²) in [6, 6.07) is 0. The van der Waals surface area contributed by atoms with Crippen molar-refractivity contribution in [3.8, 4) is 23.0 Å². The average Bonchev–Trinajstić information content (AvgIpc) is 3.46. The van der Waals surface area contributed by atoms with E-state index in [-0.39, 0.29) is 75.5 Å². The SMILES string of the molecule is CO[C@H]1C=CO[C@@]2(C)Oc3c(C)c(O)c4c(O)c(c(C=NN5CCN(C)CC5)c(O)c4c3C2=O)NC(=O)C(C)=CC=C[C@H](C)[C@H](O)[C@@H](C)[C@@H](O)[C@@H](C)[C@H](OC(C)=O)[C@@H]1C.[H-].[Na+]. The number of esters is 1. The predicted molar refractivity (Wildman–Crippen MR) is 222 cm³/mol. The van der Waals surface area contributed by atoms with Gasteiger partial charge in [-0.2, -0.15) is 5.10 Å². The molecule has 6 rings (SSSR count). The van der Waals surface area contributed by atoms with E-state index >= 15 is 0 Å². The van der Waals surface area contributed by atoms with Gasteiger partial charge in [0.2, 0.25) is 0 Å². The summed E-state index contributed by atoms with van der Waals surface area (Å²) in [6.45, 7) is 15.1. The molecule has 0 aliphatic carbocycles. The number of aliphatic hydroxyl groups excluding tert-OH is 2. The standard InChI is InChI=1S/C43H58N4O12.Na.H/c1-21-12-11-13-22(2)42(55)45-33-28(20-44-47-17-15-46(9)16-18-47)37(52)30-31(38(33)53)36(51)26(6)40-32(30)41(54)43(8,59-40)57-19-14-29(56-10)23(3)39(58-27(7)48)25(5)35(50)24(4)34(21)49;;/h11-14,19-21,23-25,29,34-35,39,49-53H,15-18H2,1-10H3,(H,45,55);;/q;+1;-1/t21-,23+,24+,25+,29-,34-,35+,39+,43-;;/m0../s1. The van der Waals surface area contributed by atoms with Crippen molar-refractivity contribution in [3.05, 3.63) is 52.8 Å². The molecule has 16 nitrogen and oxygen atoms in total. The van der Waals surface area contributed by atoms with Gasteiger partial charge in [-0.15, -0.1) is 0 Å². The molecule has 0 spiro atoms. The molecule has 4 aliphatic heterocycles. The summed E-state index contributed by atoms with van der Waals surface area (Å²) in [4.78, 5) is 42.6. The van der Waals surface area contributed by atoms with Crippen molar-refractivity contribution in [2.45, 2.75) is 85.6 Å². The van der Waals surface area contributed by atoms with E-state index in [1.807, 2.05) is 7.05 Å². The third kappa shape index (κ3) is 9.65. The Morgan fingerprint density at radius 1 is 0.967 bits per heavy atom. The van der Waals surface area contributed by atoms with Crippen molar-refractivity contribution in [2.24, 2.45) is 28.8 Å². The summed E-state index contributed by atoms with van der Waals surface area (Å²) in [5, 5.41) is 66.8. The number of ketones is 1. The Morgan fingerprint density at radius 2 is 1.62 bits per heavy atom. The fraction of sp³-hybridized carbons (Fsp3) is 0.535. The quantitative estimate of drug-likeness (QED) is 0.0844. The molecule has 5 bridgehead atoms. The molecule has 0 unspecified atom stereocenters. The Bertz CT molecular complexity index is 2090. The Labute approximate surface area is 374 Å². The third-order valence-electron chi connectivity index (χ3n) is 11.9. The normalized spacial score (nSPS) is 29.6. The number of hydrazone groups is 1. The second kappa shape index (κ2) is 19.7. The molecule has 1 fully saturated rings. The zero-order valence-electron chi connectivity index (χ0n) is 37.3. The monoisotopic (exact) mass is 846 g/mol. The third-order valence-corrected chi connectivity index (χ3v) is 11.9. The second-order valence-corrected chi connectivity index (χ2v) is 16.1. The molecular formula is C43H59N4NaO12. The molecule has 0 aromatic heterocycles. The van der Waals surface area contributed by atoms with Crippen LogP contribution in [0.3, 0.4) is 0 Å². The summed E-state index contributed by atoms with van der Waals surface area (Å²) in [7, 11) is 3.42. The van der Waals surface area contributed by atoms with Crippen molar-refractivity contribution in [1.29, 1.82) is 0 Å². The first kappa shape index (κ1) is 48.5. The Hall–Kier alpha value is -4.16. The largest absolute Gasteiger partial charge is 1.00 e. The maximum absolute atomic E-state index is 14.4. The van der Waals surface area contributed by atoms with Gasteiger partial charge in [-0.25, -0.2) is 0 Å². The van der Waals surface area contributed by atoms with E-state index in [2.05, 4.69) is 15.3 Å². The molecule has 9 atom stereocenters. The van der Waals surface area contributed by atoms with Gasteiger partial charge in [-0.3, -0.25) is 19.4 Å². The number of phenolic OH excluding ortho intramolecular Hbond substituents is 3. The van der Waals surface area contributed by atoms with Gasteiger partial charge in [0.1, 0.15) is 23.4 Å². The maximum atomic E-state index is 14.4. The van der Waals surface area contributed by atoms with E-state index in [1.165, 1.54) is 59.4 Å². The van der Waals surface area contributed by atoms with Crippen molar-refractivity contribution in [2.75, 3.05) is 45.7 Å². The van der Waals surface area contributed by atoms with Crippen LogP contribution in [0, 0.1) is 30.6 Å². The summed E-state index contributed by atoms with van der Waals surface area (Å²) in [5.41, 5.74) is -0.350. The van der Waals surface area contributed by atoms with Crippen molar-refractivity contribution >= 4 is 40.3 Å². The van der Waals surface area contributed by atoms with Gasteiger partial charge in [0.05, 0.1) is 53.0 Å². The van der Waals surface area contributed by atoms with Crippen LogP contribution in [0.4, 0.5) is 5.69 Å². The van der Waals surface area contributed by atoms with Gasteiger partial charge < -0.3 is 56.1 Å². The topological polar surface area (TPSA) is 220 Å². The van der Waals surface area contributed by atoms with Crippen molar-refractivity contribution in [3.63, 3.8) is 0 Å². The number of benzene rings is 2. The van der Waals surface area contributed by atoms with E-state index in [9.17, 15) is 39.9 Å². The number of nitrogens with one attached hydrogen (secondary N) is 1. The van der Waals surface area contributed by atoms with Crippen LogP contribution in [0.1, 0.15) is 71.4 Å². The number of ether oxygens (including phenoxy) is 4. The first-order valence-corrected chi connectivity index (χ1v) is 19.8. The molecule has 2 aromatic rings. The van der Waals surface area contributed by atoms with Crippen LogP contribution in [-0.4, -0.2) is 130 Å². The molecular weight excluding hydrogens is 787 g/mol. The maximum Gasteiger partial charge on any atom is 1.00 e. The van der Waals surface area contributed by atoms with Gasteiger partial charge in [0.15, 0.2) is 5.75 Å². The molecule has 4 heterocycles. The number of amides is 1. The van der Waals surface area contributed by atoms with E-state index < -0.39 is 88.8 Å². The molecule has 6 N–H and O–H groups in total. The van der Waals surface area contributed by atoms with Crippen LogP contribution < -0.4 is 39.6 Å². The van der Waals surface area contributed by atoms with Crippen LogP contribution in [0.2, 0.25) is 0 Å². The number of likely N-dealkylation sites (N-methyl/N-ethyl adjacent to an activating group) is 1. The van der Waals surface area contributed by atoms with Crippen LogP contribution in [0.15, 0.2) is 41.2 Å². The van der Waals surface area contributed by atoms with Gasteiger partial charge >= 0.3 is 41.3 Å². The number of phenols is 3. The fourth-order valence-corrected chi connectivity index (χ4v) is 7.92. The number of rotatable bonds is 4. The number of Topliss-reactive ketones (excluding diaryl/α,β-unsaturated/α-hetero) is 1. The first-order valence-electron chi connectivity index (χ1n) is 19.8. The summed E-state index contributed by atoms with van der Waals surface area (Å²) < 4.78 is 23.6. The average molecular weight is 847 g/mol. The Kier molecular flexibility index (Phi) is 15.9. The summed E-state index contributed by atoms with van der Waals surface area (Å²) >= 11 is 0. The van der Waals surface area contributed by atoms with Gasteiger partial charge in [-0.1, -0.05) is 45.9 Å². The summed E-state index contributed by atoms with van der Waals surface area (Å²) in [6.07, 6.45) is 4.86. The number of piperazine rings is 1. The molecule has 60 heavy (non-hydrogen) atoms. The van der Waals surface area contributed by atoms with E-state index in [1.54, 1.807) is 44.9 Å². The Morgan fingerprint density at radius 3 is 2.23 bits per heavy atom. The number of hydrogen-bond acceptors (Lipinski definition) is 15. The molecule has 0 saturated carbocycles. The first-order chi connectivity index (χ1) is 27.7. The van der Waals surface area contributed by atoms with Gasteiger partial charge in [0, 0.05) is 87.3 Å². The van der Waals surface area contributed by atoms with Crippen LogP contribution in [0.25, 0.3) is 10.8 Å². The van der Waals surface area contributed by atoms with E-state index in [0.29, 0.717) is 13.1 Å². The number of fused-ring (bicyclic) bond motifs is 14. The van der Waals surface area contributed by atoms with Crippen LogP contribution in [-0.2, 0) is 23.8 Å². The molecule has 2 aromatic carbocycles. The molecule has 4 aliphatic rings. The number of aromatic hydroxyl groups is 3. The zero-order valence-corrected chi connectivity index (χ0v) is 38.3. The van der Waals surface area contributed by atoms with Crippen LogP contribution >= 0.6 is 0 Å². The minimum Gasteiger partial charge on any atom is -1.00 e. The Balaban J connectivity index is 0.00000496. The molecule has 17 heteroatoms. The van der Waals surface area contributed by atoms with Crippen molar-refractivity contribution in [1.82, 2.24) is 9.91 Å². The second-order valence-electron chi connectivity index (χ2n) is 16.1. The smallest absolute Gasteiger partial charge is 1.00 e. The molecule has 0 radical (unpaired) electrons. The minimum atomic E-state index is -2.04. The number of methoxy groups -OCH3 is 1. The minimum absolute atomic E-state index is 0. The number of nitrogens with zero attached hydrogens (tertiary/aromatic N) is 3. The van der Waals surface area contributed by atoms with Gasteiger partial charge in [0.25, 0.3) is 11.7 Å². The number of hydrogen-bond donors (Lipinski definition) is 6. The molecule has 1 saturated heterocycles. The predicted octanol–water partition coefficient (Wildman–Crippen LogP) is 1.45. The zero-order chi connectivity index (χ0) is 43.7. The van der Waals surface area contributed by atoms with E-state index in [0.717, 1.165) is 13.1 Å². The number of anilines is 1. The van der Waals surface area contributed by atoms with Gasteiger partial charge in [-0.05, 0) is 27.0 Å². The molecule has 324 valence electrons. The van der Waals surface area contributed by atoms with E-state index in [4.69, 9.17) is 18.9 Å². The number of allylic oxidation sites excluding steroid dienone is 2. The summed E-state index contributed by atoms with van der Waals surface area (Å²) in [5.74, 6) is -8.34. The number of carbonyl (C=O) groups is 3. The fourth-order valence-electron chi connectivity index (χ4n) is 7.92. The molecule has 1 amide bonds. The van der Waals surface area contributed by atoms with Crippen molar-refractivity contribution < 1.29 is 89.8 Å². The van der Waals surface area contributed by atoms with Crippen LogP contribution in [0.5, 0.6) is 23.0 Å². The number of carbonyl (C=O) groups excluding carboxylic acids is 3. The number of aliphatic hydroxyl groups is 2.